The van der Waals surface area contributed by atoms with Gasteiger partial charge in [0.2, 0.25) is 11.8 Å². The van der Waals surface area contributed by atoms with Crippen molar-refractivity contribution in [3.05, 3.63) is 35.9 Å². The molecule has 0 aliphatic carbocycles. The topological polar surface area (TPSA) is 210 Å². The third-order valence-corrected chi connectivity index (χ3v) is 6.65. The molecule has 0 fully saturated rings. The highest BCUT2D eigenvalue weighted by Gasteiger charge is 2.35. The van der Waals surface area contributed by atoms with Gasteiger partial charge >= 0.3 is 18.0 Å². The van der Waals surface area contributed by atoms with Crippen LogP contribution in [-0.2, 0) is 40.0 Å². The highest BCUT2D eigenvalue weighted by atomic mass is 16.6. The standard InChI is InChI=1S/C31H49N3O11/c1-17(2)23(34-30(42)45-31(6,7)8)26(37)33-24(20(5)35)27(38)32-22(16-43-15-21-12-10-9-11-13-21)29(41)44-14-18(3)25(36)19(4)28(39)40/h9-13,17-20,22-25,35-36H,14-16H2,1-8H3,(H,32,38)(H,33,37)(H,34,42)(H,39,40)/t18-,19+,20+,22-,23-,24-,25+/m0/s1. The van der Waals surface area contributed by atoms with E-state index in [-0.39, 0.29) is 19.8 Å². The van der Waals surface area contributed by atoms with Crippen LogP contribution in [0.25, 0.3) is 0 Å². The molecular formula is C31H49N3O11. The summed E-state index contributed by atoms with van der Waals surface area (Å²) in [5, 5.41) is 37.2. The first-order valence-electron chi connectivity index (χ1n) is 14.8. The molecule has 0 spiro atoms. The van der Waals surface area contributed by atoms with Gasteiger partial charge in [-0.2, -0.15) is 0 Å². The first-order valence-corrected chi connectivity index (χ1v) is 14.8. The monoisotopic (exact) mass is 639 g/mol. The molecule has 14 heteroatoms. The summed E-state index contributed by atoms with van der Waals surface area (Å²) in [6.07, 6.45) is -3.57. The van der Waals surface area contributed by atoms with E-state index in [2.05, 4.69) is 16.0 Å². The van der Waals surface area contributed by atoms with Gasteiger partial charge in [-0.3, -0.25) is 14.4 Å². The van der Waals surface area contributed by atoms with Gasteiger partial charge in [0.05, 0.1) is 37.9 Å². The van der Waals surface area contributed by atoms with Crippen LogP contribution in [0.3, 0.4) is 0 Å². The molecule has 45 heavy (non-hydrogen) atoms. The van der Waals surface area contributed by atoms with Crippen molar-refractivity contribution in [1.82, 2.24) is 16.0 Å². The van der Waals surface area contributed by atoms with Crippen LogP contribution in [0.2, 0.25) is 0 Å². The Morgan fingerprint density at radius 1 is 0.822 bits per heavy atom. The van der Waals surface area contributed by atoms with E-state index in [4.69, 9.17) is 19.3 Å². The largest absolute Gasteiger partial charge is 0.481 e. The number of hydrogen-bond donors (Lipinski definition) is 6. The Balaban J connectivity index is 3.06. The number of carboxylic acid groups (broad SMARTS) is 1. The Hall–Kier alpha value is -3.75. The van der Waals surface area contributed by atoms with Crippen molar-refractivity contribution >= 4 is 29.8 Å². The zero-order chi connectivity index (χ0) is 34.5. The zero-order valence-corrected chi connectivity index (χ0v) is 27.2. The molecule has 1 aromatic carbocycles. The lowest BCUT2D eigenvalue weighted by molar-refractivity contribution is -0.154. The second-order valence-electron chi connectivity index (χ2n) is 12.4. The SMILES string of the molecule is CC(C)[C@H](NC(=O)OC(C)(C)C)C(=O)N[C@H](C(=O)N[C@@H](COCc1ccccc1)C(=O)OC[C@H](C)[C@@H](O)[C@@H](C)C(=O)O)[C@@H](C)O. The maximum atomic E-state index is 13.3. The summed E-state index contributed by atoms with van der Waals surface area (Å²) in [5.41, 5.74) is -0.0255. The van der Waals surface area contributed by atoms with Crippen molar-refractivity contribution in [2.24, 2.45) is 17.8 Å². The third-order valence-electron chi connectivity index (χ3n) is 6.65. The lowest BCUT2D eigenvalue weighted by Crippen LogP contribution is -2.60. The number of amides is 3. The van der Waals surface area contributed by atoms with Gasteiger partial charge in [0.1, 0.15) is 17.7 Å². The predicted molar refractivity (Wildman–Crippen MR) is 163 cm³/mol. The number of ether oxygens (including phenoxy) is 3. The first kappa shape index (κ1) is 39.3. The number of hydrogen-bond acceptors (Lipinski definition) is 10. The minimum Gasteiger partial charge on any atom is -0.481 e. The maximum absolute atomic E-state index is 13.3. The van der Waals surface area contributed by atoms with E-state index in [1.54, 1.807) is 58.9 Å². The fraction of sp³-hybridized carbons (Fsp3) is 0.645. The molecule has 0 radical (unpaired) electrons. The molecule has 0 aromatic heterocycles. The Bertz CT molecular complexity index is 1120. The van der Waals surface area contributed by atoms with Gasteiger partial charge in [0.15, 0.2) is 6.04 Å². The van der Waals surface area contributed by atoms with Gasteiger partial charge in [0, 0.05) is 5.92 Å². The molecule has 7 atom stereocenters. The highest BCUT2D eigenvalue weighted by molar-refractivity contribution is 5.93. The molecule has 0 aliphatic heterocycles. The van der Waals surface area contributed by atoms with Crippen LogP contribution in [0.1, 0.15) is 61.0 Å². The normalized spacial score (nSPS) is 16.2. The van der Waals surface area contributed by atoms with Crippen molar-refractivity contribution in [2.75, 3.05) is 13.2 Å². The van der Waals surface area contributed by atoms with Crippen molar-refractivity contribution in [3.63, 3.8) is 0 Å². The van der Waals surface area contributed by atoms with E-state index in [9.17, 15) is 34.2 Å². The fourth-order valence-corrected chi connectivity index (χ4v) is 3.97. The molecule has 1 aromatic rings. The molecule has 0 saturated heterocycles. The second kappa shape index (κ2) is 18.3. The van der Waals surface area contributed by atoms with Crippen LogP contribution >= 0.6 is 0 Å². The summed E-state index contributed by atoms with van der Waals surface area (Å²) < 4.78 is 16.2. The average molecular weight is 640 g/mol. The lowest BCUT2D eigenvalue weighted by Gasteiger charge is -2.28. The first-order chi connectivity index (χ1) is 20.8. The van der Waals surface area contributed by atoms with E-state index < -0.39 is 83.5 Å². The lowest BCUT2D eigenvalue weighted by atomic mass is 9.94. The molecule has 6 N–H and O–H groups in total. The minimum absolute atomic E-state index is 0.0920. The Labute approximate surface area is 264 Å². The van der Waals surface area contributed by atoms with Gasteiger partial charge in [-0.15, -0.1) is 0 Å². The van der Waals surface area contributed by atoms with Gasteiger partial charge in [-0.1, -0.05) is 51.1 Å². The average Bonchev–Trinajstić information content (AvgIpc) is 2.94. The number of alkyl carbamates (subject to hydrolysis) is 1. The quantitative estimate of drug-likeness (QED) is 0.134. The van der Waals surface area contributed by atoms with Gasteiger partial charge in [-0.25, -0.2) is 9.59 Å². The van der Waals surface area contributed by atoms with E-state index in [0.717, 1.165) is 5.56 Å². The van der Waals surface area contributed by atoms with Gasteiger partial charge < -0.3 is 45.5 Å². The van der Waals surface area contributed by atoms with Gasteiger partial charge in [0.25, 0.3) is 0 Å². The van der Waals surface area contributed by atoms with Crippen molar-refractivity contribution in [1.29, 1.82) is 0 Å². The van der Waals surface area contributed by atoms with E-state index in [1.807, 2.05) is 6.07 Å². The number of carboxylic acids is 1. The molecule has 14 nitrogen and oxygen atoms in total. The summed E-state index contributed by atoms with van der Waals surface area (Å²) in [6.45, 7) is 11.8. The van der Waals surface area contributed by atoms with Crippen LogP contribution in [0.4, 0.5) is 4.79 Å². The van der Waals surface area contributed by atoms with Crippen molar-refractivity contribution < 1.29 is 53.5 Å². The zero-order valence-electron chi connectivity index (χ0n) is 27.2. The number of rotatable bonds is 17. The molecule has 1 rings (SSSR count). The Morgan fingerprint density at radius 3 is 1.91 bits per heavy atom. The molecule has 0 saturated carbocycles. The summed E-state index contributed by atoms with van der Waals surface area (Å²) in [6, 6.07) is 4.96. The number of aliphatic carboxylic acids is 1. The van der Waals surface area contributed by atoms with Crippen molar-refractivity contribution in [3.8, 4) is 0 Å². The number of aliphatic hydroxyl groups is 2. The molecule has 0 heterocycles. The molecular weight excluding hydrogens is 590 g/mol. The molecule has 0 bridgehead atoms. The molecule has 254 valence electrons. The number of carbonyl (C=O) groups is 5. The van der Waals surface area contributed by atoms with Crippen molar-refractivity contribution in [2.45, 2.75) is 97.9 Å². The predicted octanol–water partition coefficient (Wildman–Crippen LogP) is 1.36. The van der Waals surface area contributed by atoms with Crippen LogP contribution in [-0.4, -0.2) is 94.3 Å². The molecule has 3 amide bonds. The summed E-state index contributed by atoms with van der Waals surface area (Å²) in [4.78, 5) is 63.1. The number of nitrogens with one attached hydrogen (secondary N) is 3. The van der Waals surface area contributed by atoms with Crippen LogP contribution in [0.5, 0.6) is 0 Å². The van der Waals surface area contributed by atoms with E-state index in [1.165, 1.54) is 20.8 Å². The maximum Gasteiger partial charge on any atom is 0.408 e. The third kappa shape index (κ3) is 14.3. The van der Waals surface area contributed by atoms with Crippen LogP contribution in [0, 0.1) is 17.8 Å². The highest BCUT2D eigenvalue weighted by Crippen LogP contribution is 2.15. The summed E-state index contributed by atoms with van der Waals surface area (Å²) in [7, 11) is 0. The number of esters is 1. The Morgan fingerprint density at radius 2 is 1.40 bits per heavy atom. The van der Waals surface area contributed by atoms with E-state index >= 15 is 0 Å². The number of benzene rings is 1. The molecule has 0 unspecified atom stereocenters. The van der Waals surface area contributed by atoms with Crippen LogP contribution < -0.4 is 16.0 Å². The second-order valence-corrected chi connectivity index (χ2v) is 12.4. The number of aliphatic hydroxyl groups excluding tert-OH is 2. The smallest absolute Gasteiger partial charge is 0.408 e. The van der Waals surface area contributed by atoms with Gasteiger partial charge in [-0.05, 0) is 46.1 Å². The van der Waals surface area contributed by atoms with E-state index in [0.29, 0.717) is 0 Å². The summed E-state index contributed by atoms with van der Waals surface area (Å²) >= 11 is 0. The number of carbonyl (C=O) groups excluding carboxylic acids is 4. The summed E-state index contributed by atoms with van der Waals surface area (Å²) in [5.74, 6) is -6.16. The molecule has 0 aliphatic rings. The Kier molecular flexibility index (Phi) is 15.9. The fourth-order valence-electron chi connectivity index (χ4n) is 3.97. The minimum atomic E-state index is -1.54. The van der Waals surface area contributed by atoms with Crippen LogP contribution in [0.15, 0.2) is 30.3 Å².